The minimum absolute atomic E-state index is 0.358. The van der Waals surface area contributed by atoms with Gasteiger partial charge in [0.05, 0.1) is 16.2 Å². The molecule has 0 bridgehead atoms. The van der Waals surface area contributed by atoms with Gasteiger partial charge in [0.2, 0.25) is 0 Å². The zero-order valence-corrected chi connectivity index (χ0v) is 15.9. The first kappa shape index (κ1) is 19.0. The van der Waals surface area contributed by atoms with Gasteiger partial charge in [-0.2, -0.15) is 0 Å². The number of aromatic nitrogens is 1. The molecule has 0 amide bonds. The normalized spacial score (nSPS) is 22.4. The van der Waals surface area contributed by atoms with E-state index in [1.165, 1.54) is 24.4 Å². The first-order valence-electron chi connectivity index (χ1n) is 8.80. The van der Waals surface area contributed by atoms with Crippen LogP contribution >= 0.6 is 11.6 Å². The van der Waals surface area contributed by atoms with E-state index in [4.69, 9.17) is 22.1 Å². The van der Waals surface area contributed by atoms with Crippen molar-refractivity contribution < 1.29 is 13.5 Å². The standard InChI is InChI=1S/C20H19ClF2N4O/c1-20(10-25-9-18(24)28-20)15-7-14(2-3-16(15)23)27-17-6-13(22)5-11-4-12(21)8-26-19(11)17/h2-8,18,25,27H,9-10,24H2,1H3/t18-,20?/m1/s1. The summed E-state index contributed by atoms with van der Waals surface area (Å²) in [5.41, 5.74) is 6.89. The fraction of sp³-hybridized carbons (Fsp3) is 0.250. The molecule has 1 fully saturated rings. The molecule has 8 heteroatoms. The van der Waals surface area contributed by atoms with E-state index in [0.29, 0.717) is 46.0 Å². The molecule has 1 aliphatic heterocycles. The molecule has 4 rings (SSSR count). The van der Waals surface area contributed by atoms with E-state index in [-0.39, 0.29) is 0 Å². The van der Waals surface area contributed by atoms with Gasteiger partial charge in [-0.15, -0.1) is 0 Å². The molecule has 2 atom stereocenters. The number of pyridine rings is 1. The Morgan fingerprint density at radius 1 is 1.29 bits per heavy atom. The molecule has 28 heavy (non-hydrogen) atoms. The number of rotatable bonds is 3. The summed E-state index contributed by atoms with van der Waals surface area (Å²) in [7, 11) is 0. The second-order valence-corrected chi connectivity index (χ2v) is 7.45. The molecule has 1 aromatic heterocycles. The molecule has 0 aliphatic carbocycles. The maximum absolute atomic E-state index is 14.6. The van der Waals surface area contributed by atoms with Gasteiger partial charge >= 0.3 is 0 Å². The van der Waals surface area contributed by atoms with Crippen LogP contribution in [0, 0.1) is 11.6 Å². The fourth-order valence-corrected chi connectivity index (χ4v) is 3.64. The summed E-state index contributed by atoms with van der Waals surface area (Å²) in [6.07, 6.45) is 0.961. The van der Waals surface area contributed by atoms with Crippen LogP contribution in [-0.4, -0.2) is 24.3 Å². The van der Waals surface area contributed by atoms with Crippen molar-refractivity contribution in [1.82, 2.24) is 10.3 Å². The smallest absolute Gasteiger partial charge is 0.129 e. The van der Waals surface area contributed by atoms with Crippen molar-refractivity contribution in [3.8, 4) is 0 Å². The lowest BCUT2D eigenvalue weighted by atomic mass is 9.93. The summed E-state index contributed by atoms with van der Waals surface area (Å²) >= 11 is 5.96. The lowest BCUT2D eigenvalue weighted by molar-refractivity contribution is -0.109. The van der Waals surface area contributed by atoms with Crippen LogP contribution in [-0.2, 0) is 10.3 Å². The number of nitrogens with two attached hydrogens (primary N) is 1. The maximum atomic E-state index is 14.6. The highest BCUT2D eigenvalue weighted by Crippen LogP contribution is 2.34. The monoisotopic (exact) mass is 404 g/mol. The van der Waals surface area contributed by atoms with Gasteiger partial charge in [-0.25, -0.2) is 8.78 Å². The number of hydrogen-bond acceptors (Lipinski definition) is 5. The third kappa shape index (κ3) is 3.66. The highest BCUT2D eigenvalue weighted by molar-refractivity contribution is 6.31. The van der Waals surface area contributed by atoms with E-state index in [1.54, 1.807) is 25.1 Å². The molecule has 4 N–H and O–H groups in total. The maximum Gasteiger partial charge on any atom is 0.129 e. The topological polar surface area (TPSA) is 72.2 Å². The van der Waals surface area contributed by atoms with Crippen molar-refractivity contribution in [3.63, 3.8) is 0 Å². The Balaban J connectivity index is 1.73. The van der Waals surface area contributed by atoms with Crippen molar-refractivity contribution in [2.24, 2.45) is 5.73 Å². The lowest BCUT2D eigenvalue weighted by Crippen LogP contribution is -2.53. The third-order valence-corrected chi connectivity index (χ3v) is 4.96. The number of anilines is 2. The molecule has 0 spiro atoms. The summed E-state index contributed by atoms with van der Waals surface area (Å²) in [6.45, 7) is 2.70. The molecule has 1 saturated heterocycles. The summed E-state index contributed by atoms with van der Waals surface area (Å²) in [5.74, 6) is -0.836. The quantitative estimate of drug-likeness (QED) is 0.614. The third-order valence-electron chi connectivity index (χ3n) is 4.75. The van der Waals surface area contributed by atoms with Gasteiger partial charge in [-0.3, -0.25) is 4.98 Å². The number of halogens is 3. The minimum Gasteiger partial charge on any atom is -0.354 e. The molecular weight excluding hydrogens is 386 g/mol. The van der Waals surface area contributed by atoms with Gasteiger partial charge in [0.15, 0.2) is 0 Å². The minimum atomic E-state index is -0.921. The number of ether oxygens (including phenoxy) is 1. The van der Waals surface area contributed by atoms with Crippen molar-refractivity contribution in [1.29, 1.82) is 0 Å². The van der Waals surface area contributed by atoms with Crippen molar-refractivity contribution in [2.75, 3.05) is 18.4 Å². The Kier molecular flexibility index (Phi) is 4.93. The molecule has 1 unspecified atom stereocenters. The number of nitrogens with one attached hydrogen (secondary N) is 2. The summed E-state index contributed by atoms with van der Waals surface area (Å²) in [4.78, 5) is 4.28. The van der Waals surface area contributed by atoms with Crippen LogP contribution in [0.1, 0.15) is 12.5 Å². The van der Waals surface area contributed by atoms with Crippen LogP contribution in [0.2, 0.25) is 5.02 Å². The van der Waals surface area contributed by atoms with Gasteiger partial charge in [-0.05, 0) is 43.3 Å². The lowest BCUT2D eigenvalue weighted by Gasteiger charge is -2.38. The Hall–Kier alpha value is -2.32. The Bertz CT molecular complexity index is 1040. The molecule has 146 valence electrons. The van der Waals surface area contributed by atoms with Gasteiger partial charge in [0.25, 0.3) is 0 Å². The van der Waals surface area contributed by atoms with Gasteiger partial charge in [0.1, 0.15) is 23.5 Å². The summed E-state index contributed by atoms with van der Waals surface area (Å²) in [6, 6.07) is 8.89. The number of nitrogens with zero attached hydrogens (tertiary/aromatic N) is 1. The molecule has 3 aromatic rings. The largest absolute Gasteiger partial charge is 0.354 e. The van der Waals surface area contributed by atoms with E-state index in [1.807, 2.05) is 0 Å². The molecule has 0 saturated carbocycles. The van der Waals surface area contributed by atoms with E-state index in [9.17, 15) is 8.78 Å². The molecule has 2 aromatic carbocycles. The Labute approximate surface area is 165 Å². The van der Waals surface area contributed by atoms with Crippen LogP contribution in [0.4, 0.5) is 20.2 Å². The zero-order valence-electron chi connectivity index (χ0n) is 15.1. The first-order valence-corrected chi connectivity index (χ1v) is 9.18. The molecule has 5 nitrogen and oxygen atoms in total. The van der Waals surface area contributed by atoms with Crippen LogP contribution in [0.15, 0.2) is 42.6 Å². The van der Waals surface area contributed by atoms with Crippen LogP contribution in [0.5, 0.6) is 0 Å². The number of fused-ring (bicyclic) bond motifs is 1. The predicted molar refractivity (Wildman–Crippen MR) is 106 cm³/mol. The average Bonchev–Trinajstić information content (AvgIpc) is 2.62. The number of benzene rings is 2. The van der Waals surface area contributed by atoms with Crippen molar-refractivity contribution in [3.05, 3.63) is 64.8 Å². The first-order chi connectivity index (χ1) is 13.3. The summed E-state index contributed by atoms with van der Waals surface area (Å²) < 4.78 is 34.4. The van der Waals surface area contributed by atoms with Gasteiger partial charge in [0, 0.05) is 35.9 Å². The molecule has 0 radical (unpaired) electrons. The van der Waals surface area contributed by atoms with Gasteiger partial charge in [-0.1, -0.05) is 11.6 Å². The molecule has 1 aliphatic rings. The van der Waals surface area contributed by atoms with Crippen LogP contribution < -0.4 is 16.4 Å². The fourth-order valence-electron chi connectivity index (χ4n) is 3.47. The van der Waals surface area contributed by atoms with E-state index < -0.39 is 23.5 Å². The number of morpholine rings is 1. The molecular formula is C20H19ClF2N4O. The van der Waals surface area contributed by atoms with Crippen molar-refractivity contribution in [2.45, 2.75) is 18.8 Å². The number of hydrogen-bond donors (Lipinski definition) is 3. The van der Waals surface area contributed by atoms with Crippen molar-refractivity contribution >= 4 is 33.9 Å². The SMILES string of the molecule is CC1(c2cc(Nc3cc(F)cc4cc(Cl)cnc34)ccc2F)CNC[C@H](N)O1. The Morgan fingerprint density at radius 3 is 2.89 bits per heavy atom. The van der Waals surface area contributed by atoms with Crippen LogP contribution in [0.25, 0.3) is 10.9 Å². The van der Waals surface area contributed by atoms with Crippen LogP contribution in [0.3, 0.4) is 0 Å². The highest BCUT2D eigenvalue weighted by Gasteiger charge is 2.35. The van der Waals surface area contributed by atoms with E-state index >= 15 is 0 Å². The second-order valence-electron chi connectivity index (χ2n) is 7.02. The molecule has 2 heterocycles. The van der Waals surface area contributed by atoms with E-state index in [0.717, 1.165) is 0 Å². The Morgan fingerprint density at radius 2 is 2.11 bits per heavy atom. The average molecular weight is 405 g/mol. The van der Waals surface area contributed by atoms with Gasteiger partial charge < -0.3 is 21.1 Å². The van der Waals surface area contributed by atoms with E-state index in [2.05, 4.69) is 15.6 Å². The zero-order chi connectivity index (χ0) is 19.9. The second kappa shape index (κ2) is 7.25. The predicted octanol–water partition coefficient (Wildman–Crippen LogP) is 4.03. The summed E-state index contributed by atoms with van der Waals surface area (Å²) in [5, 5.41) is 7.25. The highest BCUT2D eigenvalue weighted by atomic mass is 35.5.